The largest absolute Gasteiger partial charge is 0.396 e. The number of nitrogens with zero attached hydrogens (tertiary/aromatic N) is 1. The van der Waals surface area contributed by atoms with E-state index < -0.39 is 0 Å². The SMILES string of the molecule is CCC(CC)(CO)CNCc1nc2c(s1)CCC2. The van der Waals surface area contributed by atoms with Crippen molar-refractivity contribution in [1.82, 2.24) is 10.3 Å². The van der Waals surface area contributed by atoms with Crippen molar-refractivity contribution < 1.29 is 5.11 Å². The van der Waals surface area contributed by atoms with E-state index in [2.05, 4.69) is 24.1 Å². The second kappa shape index (κ2) is 6.13. The summed E-state index contributed by atoms with van der Waals surface area (Å²) in [5, 5.41) is 14.2. The van der Waals surface area contributed by atoms with Gasteiger partial charge in [0.05, 0.1) is 5.69 Å². The fourth-order valence-corrected chi connectivity index (χ4v) is 3.66. The molecule has 4 heteroatoms. The summed E-state index contributed by atoms with van der Waals surface area (Å²) in [6.07, 6.45) is 5.69. The Kier molecular flexibility index (Phi) is 4.76. The number of aryl methyl sites for hydroxylation is 2. The summed E-state index contributed by atoms with van der Waals surface area (Å²) in [6.45, 7) is 6.29. The molecule has 102 valence electrons. The van der Waals surface area contributed by atoms with Crippen molar-refractivity contribution in [2.75, 3.05) is 13.2 Å². The molecule has 1 aromatic heterocycles. The molecule has 0 aliphatic heterocycles. The van der Waals surface area contributed by atoms with E-state index in [0.29, 0.717) is 0 Å². The number of fused-ring (bicyclic) bond motifs is 1. The average Bonchev–Trinajstić information content (AvgIpc) is 2.96. The molecule has 2 rings (SSSR count). The molecule has 1 heterocycles. The van der Waals surface area contributed by atoms with Crippen LogP contribution in [0.15, 0.2) is 0 Å². The third-order valence-corrected chi connectivity index (χ3v) is 5.41. The first-order valence-corrected chi connectivity index (χ1v) is 7.83. The zero-order valence-corrected chi connectivity index (χ0v) is 12.3. The van der Waals surface area contributed by atoms with Gasteiger partial charge in [-0.05, 0) is 32.1 Å². The van der Waals surface area contributed by atoms with Gasteiger partial charge in [0.25, 0.3) is 0 Å². The van der Waals surface area contributed by atoms with Gasteiger partial charge in [-0.1, -0.05) is 13.8 Å². The zero-order valence-electron chi connectivity index (χ0n) is 11.5. The van der Waals surface area contributed by atoms with Gasteiger partial charge in [0.2, 0.25) is 0 Å². The molecule has 0 saturated heterocycles. The van der Waals surface area contributed by atoms with Crippen LogP contribution in [-0.2, 0) is 19.4 Å². The summed E-state index contributed by atoms with van der Waals surface area (Å²) in [5.41, 5.74) is 1.37. The first-order chi connectivity index (χ1) is 8.73. The highest BCUT2D eigenvalue weighted by Gasteiger charge is 2.25. The van der Waals surface area contributed by atoms with Crippen molar-refractivity contribution >= 4 is 11.3 Å². The Hall–Kier alpha value is -0.450. The van der Waals surface area contributed by atoms with Crippen LogP contribution in [0.1, 0.15) is 48.7 Å². The van der Waals surface area contributed by atoms with Gasteiger partial charge in [-0.3, -0.25) is 0 Å². The Labute approximate surface area is 114 Å². The van der Waals surface area contributed by atoms with Crippen molar-refractivity contribution in [2.45, 2.75) is 52.5 Å². The normalized spacial score (nSPS) is 15.1. The number of aliphatic hydroxyl groups is 1. The van der Waals surface area contributed by atoms with Crippen LogP contribution in [0.2, 0.25) is 0 Å². The highest BCUT2D eigenvalue weighted by Crippen LogP contribution is 2.28. The van der Waals surface area contributed by atoms with Gasteiger partial charge >= 0.3 is 0 Å². The van der Waals surface area contributed by atoms with Crippen LogP contribution in [0.25, 0.3) is 0 Å². The summed E-state index contributed by atoms with van der Waals surface area (Å²) in [4.78, 5) is 6.17. The molecule has 0 atom stereocenters. The van der Waals surface area contributed by atoms with Gasteiger partial charge in [-0.2, -0.15) is 0 Å². The molecule has 0 spiro atoms. The lowest BCUT2D eigenvalue weighted by Gasteiger charge is -2.29. The maximum absolute atomic E-state index is 9.52. The number of hydrogen-bond donors (Lipinski definition) is 2. The molecule has 0 bridgehead atoms. The summed E-state index contributed by atoms with van der Waals surface area (Å²) in [7, 11) is 0. The van der Waals surface area contributed by atoms with Crippen LogP contribution < -0.4 is 5.32 Å². The molecule has 1 aromatic rings. The van der Waals surface area contributed by atoms with Crippen molar-refractivity contribution in [2.24, 2.45) is 5.41 Å². The standard InChI is InChI=1S/C14H24N2OS/c1-3-14(4-2,10-17)9-15-8-13-16-11-6-5-7-12(11)18-13/h15,17H,3-10H2,1-2H3. The predicted octanol–water partition coefficient (Wildman–Crippen LogP) is 2.52. The molecule has 3 nitrogen and oxygen atoms in total. The summed E-state index contributed by atoms with van der Waals surface area (Å²) < 4.78 is 0. The molecule has 1 aliphatic carbocycles. The minimum atomic E-state index is 0.0417. The average molecular weight is 268 g/mol. The third kappa shape index (κ3) is 2.92. The Morgan fingerprint density at radius 1 is 1.33 bits per heavy atom. The third-order valence-electron chi connectivity index (χ3n) is 4.25. The fourth-order valence-electron chi connectivity index (χ4n) is 2.53. The highest BCUT2D eigenvalue weighted by atomic mass is 32.1. The molecular formula is C14H24N2OS. The second-order valence-electron chi connectivity index (χ2n) is 5.30. The van der Waals surface area contributed by atoms with Crippen LogP contribution in [0, 0.1) is 5.41 Å². The van der Waals surface area contributed by atoms with Gasteiger partial charge in [0.15, 0.2) is 0 Å². The minimum Gasteiger partial charge on any atom is -0.396 e. The van der Waals surface area contributed by atoms with E-state index >= 15 is 0 Å². The summed E-state index contributed by atoms with van der Waals surface area (Å²) in [6, 6.07) is 0. The van der Waals surface area contributed by atoms with Crippen molar-refractivity contribution in [3.63, 3.8) is 0 Å². The van der Waals surface area contributed by atoms with E-state index in [1.54, 1.807) is 0 Å². The lowest BCUT2D eigenvalue weighted by molar-refractivity contribution is 0.113. The van der Waals surface area contributed by atoms with Crippen LogP contribution in [-0.4, -0.2) is 23.2 Å². The quantitative estimate of drug-likeness (QED) is 0.799. The van der Waals surface area contributed by atoms with Crippen LogP contribution >= 0.6 is 11.3 Å². The lowest BCUT2D eigenvalue weighted by atomic mass is 9.83. The maximum Gasteiger partial charge on any atom is 0.107 e. The molecular weight excluding hydrogens is 244 g/mol. The Balaban J connectivity index is 1.84. The number of aromatic nitrogens is 1. The van der Waals surface area contributed by atoms with Gasteiger partial charge in [0.1, 0.15) is 5.01 Å². The number of thiazole rings is 1. The lowest BCUT2D eigenvalue weighted by Crippen LogP contribution is -2.36. The Bertz CT molecular complexity index is 355. The predicted molar refractivity (Wildman–Crippen MR) is 75.9 cm³/mol. The van der Waals surface area contributed by atoms with E-state index in [9.17, 15) is 5.11 Å². The first kappa shape index (κ1) is 14.0. The van der Waals surface area contributed by atoms with E-state index in [-0.39, 0.29) is 12.0 Å². The summed E-state index contributed by atoms with van der Waals surface area (Å²) in [5.74, 6) is 0. The molecule has 1 aliphatic rings. The van der Waals surface area contributed by atoms with Gasteiger partial charge < -0.3 is 10.4 Å². The van der Waals surface area contributed by atoms with Crippen LogP contribution in [0.3, 0.4) is 0 Å². The van der Waals surface area contributed by atoms with E-state index in [0.717, 1.165) is 32.4 Å². The second-order valence-corrected chi connectivity index (χ2v) is 6.47. The molecule has 0 fully saturated rings. The fraction of sp³-hybridized carbons (Fsp3) is 0.786. The Morgan fingerprint density at radius 2 is 2.11 bits per heavy atom. The molecule has 0 radical (unpaired) electrons. The summed E-state index contributed by atoms with van der Waals surface area (Å²) >= 11 is 1.86. The number of hydrogen-bond acceptors (Lipinski definition) is 4. The first-order valence-electron chi connectivity index (χ1n) is 7.02. The zero-order chi connectivity index (χ0) is 13.0. The van der Waals surface area contributed by atoms with E-state index in [1.807, 2.05) is 11.3 Å². The van der Waals surface area contributed by atoms with Gasteiger partial charge in [0, 0.05) is 30.0 Å². The van der Waals surface area contributed by atoms with Gasteiger partial charge in [-0.25, -0.2) is 4.98 Å². The topological polar surface area (TPSA) is 45.1 Å². The maximum atomic E-state index is 9.52. The van der Waals surface area contributed by atoms with Crippen LogP contribution in [0.5, 0.6) is 0 Å². The number of aliphatic hydroxyl groups excluding tert-OH is 1. The molecule has 0 unspecified atom stereocenters. The minimum absolute atomic E-state index is 0.0417. The van der Waals surface area contributed by atoms with Crippen molar-refractivity contribution in [3.8, 4) is 0 Å². The monoisotopic (exact) mass is 268 g/mol. The molecule has 0 amide bonds. The molecule has 2 N–H and O–H groups in total. The van der Waals surface area contributed by atoms with E-state index in [4.69, 9.17) is 0 Å². The van der Waals surface area contributed by atoms with Crippen molar-refractivity contribution in [1.29, 1.82) is 0 Å². The number of nitrogens with one attached hydrogen (secondary N) is 1. The highest BCUT2D eigenvalue weighted by molar-refractivity contribution is 7.11. The number of rotatable bonds is 7. The van der Waals surface area contributed by atoms with E-state index in [1.165, 1.54) is 28.4 Å². The van der Waals surface area contributed by atoms with Crippen molar-refractivity contribution in [3.05, 3.63) is 15.6 Å². The molecule has 0 saturated carbocycles. The van der Waals surface area contributed by atoms with Crippen LogP contribution in [0.4, 0.5) is 0 Å². The van der Waals surface area contributed by atoms with Gasteiger partial charge in [-0.15, -0.1) is 11.3 Å². The smallest absolute Gasteiger partial charge is 0.107 e. The molecule has 0 aromatic carbocycles. The molecule has 18 heavy (non-hydrogen) atoms. The Morgan fingerprint density at radius 3 is 2.72 bits per heavy atom.